The number of rotatable bonds is 7. The van der Waals surface area contributed by atoms with Crippen molar-refractivity contribution < 1.29 is 26.4 Å². The molecule has 9 nitrogen and oxygen atoms in total. The molecule has 178 valence electrons. The molecule has 11 heteroatoms. The largest absolute Gasteiger partial charge is 0.379 e. The van der Waals surface area contributed by atoms with E-state index in [4.69, 9.17) is 4.74 Å². The zero-order valence-electron chi connectivity index (χ0n) is 18.0. The summed E-state index contributed by atoms with van der Waals surface area (Å²) >= 11 is 0. The minimum atomic E-state index is -3.79. The van der Waals surface area contributed by atoms with Gasteiger partial charge in [-0.05, 0) is 54.6 Å². The van der Waals surface area contributed by atoms with Gasteiger partial charge in [-0.25, -0.2) is 16.8 Å². The highest BCUT2D eigenvalue weighted by Crippen LogP contribution is 2.21. The first-order chi connectivity index (χ1) is 16.3. The van der Waals surface area contributed by atoms with Crippen LogP contribution in [0.1, 0.15) is 10.4 Å². The second-order valence-electron chi connectivity index (χ2n) is 7.49. The van der Waals surface area contributed by atoms with Crippen molar-refractivity contribution >= 4 is 37.3 Å². The summed E-state index contributed by atoms with van der Waals surface area (Å²) in [6.45, 7) is 1.30. The van der Waals surface area contributed by atoms with Gasteiger partial charge >= 0.3 is 0 Å². The van der Waals surface area contributed by atoms with E-state index < -0.39 is 26.0 Å². The van der Waals surface area contributed by atoms with Crippen molar-refractivity contribution in [3.8, 4) is 0 Å². The Morgan fingerprint density at radius 2 is 1.44 bits per heavy atom. The number of nitrogens with one attached hydrogen (secondary N) is 2. The van der Waals surface area contributed by atoms with Gasteiger partial charge in [-0.2, -0.15) is 4.31 Å². The number of amides is 1. The second-order valence-corrected chi connectivity index (χ2v) is 11.1. The third-order valence-electron chi connectivity index (χ3n) is 5.15. The van der Waals surface area contributed by atoms with Gasteiger partial charge in [0.15, 0.2) is 0 Å². The summed E-state index contributed by atoms with van der Waals surface area (Å²) in [4.78, 5) is 12.9. The maximum absolute atomic E-state index is 12.7. The number of morpholine rings is 1. The molecule has 0 spiro atoms. The minimum absolute atomic E-state index is 0.108. The van der Waals surface area contributed by atoms with Crippen LogP contribution in [0.15, 0.2) is 88.7 Å². The highest BCUT2D eigenvalue weighted by Gasteiger charge is 2.26. The first kappa shape index (κ1) is 23.9. The van der Waals surface area contributed by atoms with Crippen LogP contribution in [0.25, 0.3) is 0 Å². The number of anilines is 2. The van der Waals surface area contributed by atoms with Gasteiger partial charge in [0.25, 0.3) is 15.9 Å². The summed E-state index contributed by atoms with van der Waals surface area (Å²) in [5, 5.41) is 2.69. The molecule has 1 saturated heterocycles. The van der Waals surface area contributed by atoms with Crippen molar-refractivity contribution in [3.05, 3.63) is 84.4 Å². The summed E-state index contributed by atoms with van der Waals surface area (Å²) in [5.74, 6) is -0.468. The third kappa shape index (κ3) is 5.45. The fourth-order valence-corrected chi connectivity index (χ4v) is 5.87. The van der Waals surface area contributed by atoms with E-state index >= 15 is 0 Å². The summed E-state index contributed by atoms with van der Waals surface area (Å²) in [5.41, 5.74) is 0.878. The lowest BCUT2D eigenvalue weighted by Crippen LogP contribution is -2.40. The number of nitrogens with zero attached hydrogens (tertiary/aromatic N) is 1. The Morgan fingerprint density at radius 1 is 0.765 bits per heavy atom. The zero-order chi connectivity index (χ0) is 24.2. The van der Waals surface area contributed by atoms with E-state index in [1.807, 2.05) is 0 Å². The zero-order valence-corrected chi connectivity index (χ0v) is 19.7. The predicted molar refractivity (Wildman–Crippen MR) is 128 cm³/mol. The van der Waals surface area contributed by atoms with Crippen LogP contribution in [0.4, 0.5) is 11.4 Å². The molecular weight excluding hydrogens is 478 g/mol. The lowest BCUT2D eigenvalue weighted by atomic mass is 10.2. The maximum atomic E-state index is 12.7. The highest BCUT2D eigenvalue weighted by atomic mass is 32.2. The van der Waals surface area contributed by atoms with Crippen LogP contribution in [-0.2, 0) is 24.8 Å². The van der Waals surface area contributed by atoms with Crippen molar-refractivity contribution in [2.75, 3.05) is 36.3 Å². The van der Waals surface area contributed by atoms with Gasteiger partial charge in [0.1, 0.15) is 0 Å². The van der Waals surface area contributed by atoms with Crippen LogP contribution in [0, 0.1) is 0 Å². The first-order valence-corrected chi connectivity index (χ1v) is 13.4. The molecule has 1 heterocycles. The average molecular weight is 502 g/mol. The van der Waals surface area contributed by atoms with Crippen LogP contribution in [0.5, 0.6) is 0 Å². The van der Waals surface area contributed by atoms with Gasteiger partial charge in [0.2, 0.25) is 10.0 Å². The Hall–Kier alpha value is -3.25. The second kappa shape index (κ2) is 9.94. The number of carbonyl (C=O) groups is 1. The fraction of sp³-hybridized carbons (Fsp3) is 0.174. The van der Waals surface area contributed by atoms with E-state index in [-0.39, 0.29) is 21.0 Å². The highest BCUT2D eigenvalue weighted by molar-refractivity contribution is 7.92. The van der Waals surface area contributed by atoms with Crippen LogP contribution in [0.2, 0.25) is 0 Å². The standard InChI is InChI=1S/C23H23N3O6S2/c27-23(18-5-4-6-20(17-18)25-33(28,29)21-7-2-1-3-8-21)24-19-9-11-22(12-10-19)34(30,31)26-13-15-32-16-14-26/h1-12,17,25H,13-16H2,(H,24,27). The van der Waals surface area contributed by atoms with E-state index in [1.165, 1.54) is 46.8 Å². The molecule has 2 N–H and O–H groups in total. The maximum Gasteiger partial charge on any atom is 0.261 e. The molecule has 0 aliphatic carbocycles. The normalized spacial score (nSPS) is 14.9. The van der Waals surface area contributed by atoms with Crippen molar-refractivity contribution in [2.45, 2.75) is 9.79 Å². The van der Waals surface area contributed by atoms with Crippen molar-refractivity contribution in [1.29, 1.82) is 0 Å². The Kier molecular flexibility index (Phi) is 6.98. The first-order valence-electron chi connectivity index (χ1n) is 10.4. The molecule has 1 amide bonds. The van der Waals surface area contributed by atoms with Crippen molar-refractivity contribution in [3.63, 3.8) is 0 Å². The van der Waals surface area contributed by atoms with Crippen molar-refractivity contribution in [2.24, 2.45) is 0 Å². The van der Waals surface area contributed by atoms with Gasteiger partial charge in [-0.3, -0.25) is 9.52 Å². The molecular formula is C23H23N3O6S2. The molecule has 0 unspecified atom stereocenters. The van der Waals surface area contributed by atoms with E-state index in [1.54, 1.807) is 36.4 Å². The Labute approximate surface area is 198 Å². The van der Waals surface area contributed by atoms with Crippen molar-refractivity contribution in [1.82, 2.24) is 4.31 Å². The monoisotopic (exact) mass is 501 g/mol. The minimum Gasteiger partial charge on any atom is -0.379 e. The molecule has 4 rings (SSSR count). The van der Waals surface area contributed by atoms with Gasteiger partial charge in [0, 0.05) is 30.0 Å². The quantitative estimate of drug-likeness (QED) is 0.513. The molecule has 1 aliphatic heterocycles. The Morgan fingerprint density at radius 3 is 2.12 bits per heavy atom. The molecule has 3 aromatic rings. The third-order valence-corrected chi connectivity index (χ3v) is 8.46. The SMILES string of the molecule is O=C(Nc1ccc(S(=O)(=O)N2CCOCC2)cc1)c1cccc(NS(=O)(=O)c2ccccc2)c1. The summed E-state index contributed by atoms with van der Waals surface area (Å²) in [6.07, 6.45) is 0. The van der Waals surface area contributed by atoms with E-state index in [2.05, 4.69) is 10.0 Å². The number of ether oxygens (including phenoxy) is 1. The van der Waals surface area contributed by atoms with Crippen LogP contribution in [0.3, 0.4) is 0 Å². The summed E-state index contributed by atoms with van der Waals surface area (Å²) in [6, 6.07) is 19.9. The number of sulfonamides is 2. The average Bonchev–Trinajstić information content (AvgIpc) is 2.85. The van der Waals surface area contributed by atoms with E-state index in [0.29, 0.717) is 32.0 Å². The van der Waals surface area contributed by atoms with E-state index in [0.717, 1.165) is 0 Å². The van der Waals surface area contributed by atoms with Crippen LogP contribution >= 0.6 is 0 Å². The summed E-state index contributed by atoms with van der Waals surface area (Å²) < 4.78 is 59.5. The van der Waals surface area contributed by atoms with Gasteiger partial charge < -0.3 is 10.1 Å². The van der Waals surface area contributed by atoms with Gasteiger partial charge in [-0.15, -0.1) is 0 Å². The molecule has 0 atom stereocenters. The molecule has 0 radical (unpaired) electrons. The molecule has 0 saturated carbocycles. The van der Waals surface area contributed by atoms with Gasteiger partial charge in [0.05, 0.1) is 23.0 Å². The summed E-state index contributed by atoms with van der Waals surface area (Å²) in [7, 11) is -7.42. The number of hydrogen-bond acceptors (Lipinski definition) is 6. The lowest BCUT2D eigenvalue weighted by molar-refractivity contribution is 0.0730. The topological polar surface area (TPSA) is 122 Å². The predicted octanol–water partition coefficient (Wildman–Crippen LogP) is 2.76. The smallest absolute Gasteiger partial charge is 0.261 e. The number of carbonyl (C=O) groups excluding carboxylic acids is 1. The number of benzene rings is 3. The van der Waals surface area contributed by atoms with E-state index in [9.17, 15) is 21.6 Å². The molecule has 0 bridgehead atoms. The lowest BCUT2D eigenvalue weighted by Gasteiger charge is -2.26. The Balaban J connectivity index is 1.45. The molecule has 0 aromatic heterocycles. The molecule has 1 aliphatic rings. The van der Waals surface area contributed by atoms with Crippen LogP contribution < -0.4 is 10.0 Å². The molecule has 3 aromatic carbocycles. The fourth-order valence-electron chi connectivity index (χ4n) is 3.39. The van der Waals surface area contributed by atoms with Gasteiger partial charge in [-0.1, -0.05) is 24.3 Å². The number of hydrogen-bond donors (Lipinski definition) is 2. The van der Waals surface area contributed by atoms with Crippen LogP contribution in [-0.4, -0.2) is 53.4 Å². The molecule has 34 heavy (non-hydrogen) atoms. The Bertz CT molecular complexity index is 1370. The molecule has 1 fully saturated rings.